The minimum Gasteiger partial charge on any atom is -0.480 e. The zero-order valence-electron chi connectivity index (χ0n) is 17.3. The van der Waals surface area contributed by atoms with Gasteiger partial charge in [-0.25, -0.2) is 4.79 Å². The largest absolute Gasteiger partial charge is 0.480 e. The number of hydrogen-bond donors (Lipinski definition) is 6. The fourth-order valence-corrected chi connectivity index (χ4v) is 2.60. The predicted molar refractivity (Wildman–Crippen MR) is 109 cm³/mol. The summed E-state index contributed by atoms with van der Waals surface area (Å²) in [6.07, 6.45) is 0.173. The van der Waals surface area contributed by atoms with Crippen LogP contribution in [0.5, 0.6) is 0 Å². The summed E-state index contributed by atoms with van der Waals surface area (Å²) in [6.45, 7) is 4.04. The number of aliphatic carboxylic acids is 1. The Morgan fingerprint density at radius 2 is 1.47 bits per heavy atom. The van der Waals surface area contributed by atoms with Crippen LogP contribution in [0.25, 0.3) is 0 Å². The molecule has 1 rings (SSSR count). The molecule has 0 radical (unpaired) electrons. The summed E-state index contributed by atoms with van der Waals surface area (Å²) in [4.78, 5) is 48.5. The summed E-state index contributed by atoms with van der Waals surface area (Å²) >= 11 is 0. The first-order chi connectivity index (χ1) is 14.1. The van der Waals surface area contributed by atoms with Crippen LogP contribution in [-0.4, -0.2) is 64.7 Å². The Balaban J connectivity index is 2.99. The van der Waals surface area contributed by atoms with Crippen LogP contribution in [0.4, 0.5) is 0 Å². The number of carboxylic acids is 1. The molecule has 0 aliphatic heterocycles. The topological polar surface area (TPSA) is 171 Å². The third kappa shape index (κ3) is 7.80. The molecule has 10 nitrogen and oxygen atoms in total. The van der Waals surface area contributed by atoms with Crippen LogP contribution in [-0.2, 0) is 25.6 Å². The molecule has 30 heavy (non-hydrogen) atoms. The lowest BCUT2D eigenvalue weighted by Gasteiger charge is -2.26. The third-order valence-electron chi connectivity index (χ3n) is 4.37. The van der Waals surface area contributed by atoms with Gasteiger partial charge in [-0.2, -0.15) is 0 Å². The van der Waals surface area contributed by atoms with Crippen molar-refractivity contribution in [2.75, 3.05) is 6.61 Å². The van der Waals surface area contributed by atoms with Gasteiger partial charge in [0.2, 0.25) is 17.7 Å². The summed E-state index contributed by atoms with van der Waals surface area (Å²) in [5, 5.41) is 25.4. The number of aliphatic hydroxyl groups is 1. The average Bonchev–Trinajstić information content (AvgIpc) is 2.69. The molecule has 0 aliphatic rings. The van der Waals surface area contributed by atoms with E-state index in [2.05, 4.69) is 16.0 Å². The van der Waals surface area contributed by atoms with Crippen molar-refractivity contribution in [1.29, 1.82) is 0 Å². The Labute approximate surface area is 175 Å². The number of aliphatic hydroxyl groups excluding tert-OH is 1. The average molecular weight is 422 g/mol. The normalized spacial score (nSPS) is 14.9. The van der Waals surface area contributed by atoms with Crippen LogP contribution in [0.15, 0.2) is 30.3 Å². The summed E-state index contributed by atoms with van der Waals surface area (Å²) in [7, 11) is 0. The summed E-state index contributed by atoms with van der Waals surface area (Å²) < 4.78 is 0. The van der Waals surface area contributed by atoms with Crippen LogP contribution < -0.4 is 21.7 Å². The maximum atomic E-state index is 12.9. The number of nitrogens with two attached hydrogens (primary N) is 1. The van der Waals surface area contributed by atoms with E-state index in [0.29, 0.717) is 0 Å². The van der Waals surface area contributed by atoms with E-state index in [1.54, 1.807) is 38.1 Å². The molecule has 0 aliphatic carbocycles. The van der Waals surface area contributed by atoms with E-state index >= 15 is 0 Å². The highest BCUT2D eigenvalue weighted by atomic mass is 16.4. The number of rotatable bonds is 11. The highest BCUT2D eigenvalue weighted by molar-refractivity contribution is 5.94. The van der Waals surface area contributed by atoms with E-state index in [4.69, 9.17) is 15.9 Å². The first-order valence-corrected chi connectivity index (χ1v) is 9.61. The van der Waals surface area contributed by atoms with Gasteiger partial charge >= 0.3 is 5.97 Å². The lowest BCUT2D eigenvalue weighted by molar-refractivity contribution is -0.143. The molecule has 1 aromatic carbocycles. The molecular weight excluding hydrogens is 392 g/mol. The number of carbonyl (C=O) groups excluding carboxylic acids is 3. The molecule has 0 saturated carbocycles. The number of nitrogens with one attached hydrogen (secondary N) is 3. The van der Waals surface area contributed by atoms with Gasteiger partial charge in [0.05, 0.1) is 12.6 Å². The summed E-state index contributed by atoms with van der Waals surface area (Å²) in [6, 6.07) is 4.61. The second-order valence-corrected chi connectivity index (χ2v) is 7.35. The molecule has 10 heteroatoms. The number of amides is 3. The molecule has 4 atom stereocenters. The van der Waals surface area contributed by atoms with Crippen LogP contribution >= 0.6 is 0 Å². The highest BCUT2D eigenvalue weighted by Gasteiger charge is 2.31. The van der Waals surface area contributed by atoms with Crippen molar-refractivity contribution in [3.05, 3.63) is 35.9 Å². The monoisotopic (exact) mass is 422 g/mol. The van der Waals surface area contributed by atoms with Gasteiger partial charge in [0.25, 0.3) is 0 Å². The molecule has 0 heterocycles. The van der Waals surface area contributed by atoms with Crippen molar-refractivity contribution in [1.82, 2.24) is 16.0 Å². The smallest absolute Gasteiger partial charge is 0.328 e. The minimum absolute atomic E-state index is 0.173. The quantitative estimate of drug-likeness (QED) is 0.259. The number of hydrogen-bond acceptors (Lipinski definition) is 6. The van der Waals surface area contributed by atoms with Gasteiger partial charge in [0.1, 0.15) is 18.1 Å². The Morgan fingerprint density at radius 1 is 0.900 bits per heavy atom. The lowest BCUT2D eigenvalue weighted by atomic mass is 10.0. The van der Waals surface area contributed by atoms with Crippen LogP contribution in [0.3, 0.4) is 0 Å². The Bertz CT molecular complexity index is 738. The SMILES string of the molecule is CC(N)C(=O)NC(Cc1ccccc1)C(=O)NC(C(=O)NC(CO)C(=O)O)C(C)C. The van der Waals surface area contributed by atoms with E-state index in [1.165, 1.54) is 6.92 Å². The van der Waals surface area contributed by atoms with Gasteiger partial charge in [-0.3, -0.25) is 14.4 Å². The molecule has 7 N–H and O–H groups in total. The van der Waals surface area contributed by atoms with Crippen molar-refractivity contribution in [3.8, 4) is 0 Å². The predicted octanol–water partition coefficient (Wildman–Crippen LogP) is -1.24. The van der Waals surface area contributed by atoms with E-state index in [-0.39, 0.29) is 12.3 Å². The third-order valence-corrected chi connectivity index (χ3v) is 4.37. The van der Waals surface area contributed by atoms with Crippen molar-refractivity contribution in [3.63, 3.8) is 0 Å². The van der Waals surface area contributed by atoms with Crippen molar-refractivity contribution < 1.29 is 29.4 Å². The summed E-state index contributed by atoms with van der Waals surface area (Å²) in [5.74, 6) is -3.67. The molecular formula is C20H30N4O6. The zero-order chi connectivity index (χ0) is 22.8. The number of carbonyl (C=O) groups is 4. The first kappa shape index (κ1) is 25.1. The van der Waals surface area contributed by atoms with Gasteiger partial charge < -0.3 is 31.9 Å². The molecule has 0 bridgehead atoms. The van der Waals surface area contributed by atoms with Gasteiger partial charge in [-0.15, -0.1) is 0 Å². The van der Waals surface area contributed by atoms with Gasteiger partial charge in [-0.1, -0.05) is 44.2 Å². The highest BCUT2D eigenvalue weighted by Crippen LogP contribution is 2.07. The van der Waals surface area contributed by atoms with Gasteiger partial charge in [0, 0.05) is 6.42 Å². The Kier molecular flexibility index (Phi) is 9.93. The van der Waals surface area contributed by atoms with E-state index in [1.807, 2.05) is 6.07 Å². The molecule has 0 spiro atoms. The fourth-order valence-electron chi connectivity index (χ4n) is 2.60. The second kappa shape index (κ2) is 11.9. The lowest BCUT2D eigenvalue weighted by Crippen LogP contribution is -2.59. The molecule has 0 fully saturated rings. The standard InChI is InChI=1S/C20H30N4O6/c1-11(2)16(19(28)23-15(10-25)20(29)30)24-18(27)14(22-17(26)12(3)21)9-13-7-5-4-6-8-13/h4-8,11-12,14-16,25H,9-10,21H2,1-3H3,(H,22,26)(H,23,28)(H,24,27)(H,29,30). The molecule has 1 aromatic rings. The summed E-state index contributed by atoms with van der Waals surface area (Å²) in [5.41, 5.74) is 6.38. The van der Waals surface area contributed by atoms with E-state index in [9.17, 15) is 19.2 Å². The maximum Gasteiger partial charge on any atom is 0.328 e. The first-order valence-electron chi connectivity index (χ1n) is 9.61. The van der Waals surface area contributed by atoms with Gasteiger partial charge in [-0.05, 0) is 18.4 Å². The van der Waals surface area contributed by atoms with Crippen LogP contribution in [0, 0.1) is 5.92 Å². The molecule has 4 unspecified atom stereocenters. The van der Waals surface area contributed by atoms with Crippen molar-refractivity contribution in [2.24, 2.45) is 11.7 Å². The number of carboxylic acid groups (broad SMARTS) is 1. The van der Waals surface area contributed by atoms with E-state index < -0.39 is 54.5 Å². The number of benzene rings is 1. The minimum atomic E-state index is -1.49. The van der Waals surface area contributed by atoms with Crippen LogP contribution in [0.1, 0.15) is 26.3 Å². The van der Waals surface area contributed by atoms with Crippen molar-refractivity contribution in [2.45, 2.75) is 51.4 Å². The van der Waals surface area contributed by atoms with Gasteiger partial charge in [0.15, 0.2) is 0 Å². The second-order valence-electron chi connectivity index (χ2n) is 7.35. The fraction of sp³-hybridized carbons (Fsp3) is 0.500. The van der Waals surface area contributed by atoms with E-state index in [0.717, 1.165) is 5.56 Å². The Morgan fingerprint density at radius 3 is 1.93 bits per heavy atom. The van der Waals surface area contributed by atoms with Crippen LogP contribution in [0.2, 0.25) is 0 Å². The molecule has 0 aromatic heterocycles. The molecule has 166 valence electrons. The maximum absolute atomic E-state index is 12.9. The molecule has 0 saturated heterocycles. The van der Waals surface area contributed by atoms with Crippen molar-refractivity contribution >= 4 is 23.7 Å². The zero-order valence-corrected chi connectivity index (χ0v) is 17.3. The Hall–Kier alpha value is -2.98. The molecule has 3 amide bonds.